The van der Waals surface area contributed by atoms with Gasteiger partial charge in [-0.25, -0.2) is 13.6 Å². The molecule has 6 nitrogen and oxygen atoms in total. The molecule has 2 heterocycles. The lowest BCUT2D eigenvalue weighted by atomic mass is 10.1. The van der Waals surface area contributed by atoms with Gasteiger partial charge in [0.2, 0.25) is 10.0 Å². The number of hydrogen-bond donors (Lipinski definition) is 1. The van der Waals surface area contributed by atoms with E-state index in [9.17, 15) is 8.42 Å². The van der Waals surface area contributed by atoms with Crippen molar-refractivity contribution in [3.63, 3.8) is 0 Å². The van der Waals surface area contributed by atoms with Gasteiger partial charge >= 0.3 is 0 Å². The van der Waals surface area contributed by atoms with Crippen LogP contribution in [0.1, 0.15) is 44.1 Å². The summed E-state index contributed by atoms with van der Waals surface area (Å²) in [6, 6.07) is 0.115. The zero-order chi connectivity index (χ0) is 14.0. The topological polar surface area (TPSA) is 87.2 Å². The zero-order valence-electron chi connectivity index (χ0n) is 11.4. The summed E-state index contributed by atoms with van der Waals surface area (Å²) in [5.41, 5.74) is 1.26. The van der Waals surface area contributed by atoms with Crippen LogP contribution in [-0.2, 0) is 27.6 Å². The molecule has 1 aliphatic heterocycles. The molecule has 0 amide bonds. The molecule has 1 unspecified atom stereocenters. The number of hydrogen-bond acceptors (Lipinski definition) is 4. The molecule has 2 rings (SSSR count). The second-order valence-electron chi connectivity index (χ2n) is 4.79. The number of sulfonamides is 1. The van der Waals surface area contributed by atoms with Crippen molar-refractivity contribution in [2.75, 3.05) is 13.2 Å². The summed E-state index contributed by atoms with van der Waals surface area (Å²) in [6.07, 6.45) is 3.08. The molecule has 108 valence electrons. The van der Waals surface area contributed by atoms with Gasteiger partial charge in [-0.1, -0.05) is 13.8 Å². The van der Waals surface area contributed by atoms with Crippen LogP contribution in [0.25, 0.3) is 0 Å². The Kier molecular flexibility index (Phi) is 4.27. The van der Waals surface area contributed by atoms with E-state index in [1.807, 2.05) is 18.5 Å². The third-order valence-corrected chi connectivity index (χ3v) is 4.51. The maximum absolute atomic E-state index is 11.8. The predicted octanol–water partition coefficient (Wildman–Crippen LogP) is 1.01. The molecule has 1 aromatic rings. The standard InChI is InChI=1S/C12H21N3O3S/c1-3-10-12(19(13,16)17)11(4-2)15(14-10)9-6-5-7-18-8-9/h9H,3-8H2,1-2H3,(H2,13,16,17). The highest BCUT2D eigenvalue weighted by atomic mass is 32.2. The Morgan fingerprint density at radius 2 is 2.16 bits per heavy atom. The molecule has 1 aliphatic rings. The maximum Gasteiger partial charge on any atom is 0.241 e. The van der Waals surface area contributed by atoms with Crippen LogP contribution in [0.2, 0.25) is 0 Å². The van der Waals surface area contributed by atoms with E-state index in [0.717, 1.165) is 19.4 Å². The Labute approximate surface area is 114 Å². The molecular formula is C12H21N3O3S. The van der Waals surface area contributed by atoms with Crippen molar-refractivity contribution in [2.24, 2.45) is 5.14 Å². The van der Waals surface area contributed by atoms with Gasteiger partial charge in [-0.2, -0.15) is 5.10 Å². The highest BCUT2D eigenvalue weighted by molar-refractivity contribution is 7.89. The van der Waals surface area contributed by atoms with Crippen molar-refractivity contribution in [1.29, 1.82) is 0 Å². The summed E-state index contributed by atoms with van der Waals surface area (Å²) in [5.74, 6) is 0. The Morgan fingerprint density at radius 3 is 2.63 bits per heavy atom. The fraction of sp³-hybridized carbons (Fsp3) is 0.750. The average molecular weight is 287 g/mol. The van der Waals surface area contributed by atoms with Gasteiger partial charge < -0.3 is 4.74 Å². The summed E-state index contributed by atoms with van der Waals surface area (Å²) in [6.45, 7) is 5.16. The summed E-state index contributed by atoms with van der Waals surface area (Å²) >= 11 is 0. The first kappa shape index (κ1) is 14.5. The van der Waals surface area contributed by atoms with Crippen LogP contribution in [-0.4, -0.2) is 31.4 Å². The van der Waals surface area contributed by atoms with E-state index < -0.39 is 10.0 Å². The lowest BCUT2D eigenvalue weighted by Gasteiger charge is -2.24. The Hall–Kier alpha value is -0.920. The zero-order valence-corrected chi connectivity index (χ0v) is 12.2. The van der Waals surface area contributed by atoms with Crippen LogP contribution in [0.3, 0.4) is 0 Å². The summed E-state index contributed by atoms with van der Waals surface area (Å²) in [7, 11) is -3.73. The van der Waals surface area contributed by atoms with Crippen LogP contribution in [0.5, 0.6) is 0 Å². The van der Waals surface area contributed by atoms with Crippen molar-refractivity contribution in [3.05, 3.63) is 11.4 Å². The van der Waals surface area contributed by atoms with E-state index in [-0.39, 0.29) is 10.9 Å². The van der Waals surface area contributed by atoms with Crippen molar-refractivity contribution < 1.29 is 13.2 Å². The maximum atomic E-state index is 11.8. The van der Waals surface area contributed by atoms with Gasteiger partial charge in [0.05, 0.1) is 24.0 Å². The SMILES string of the molecule is CCc1nn(C2CCCOC2)c(CC)c1S(N)(=O)=O. The molecule has 1 fully saturated rings. The van der Waals surface area contributed by atoms with Gasteiger partial charge in [-0.3, -0.25) is 4.68 Å². The van der Waals surface area contributed by atoms with Crippen LogP contribution in [0, 0.1) is 0 Å². The fourth-order valence-electron chi connectivity index (χ4n) is 2.61. The molecule has 19 heavy (non-hydrogen) atoms. The Morgan fingerprint density at radius 1 is 1.42 bits per heavy atom. The number of nitrogens with zero attached hydrogens (tertiary/aromatic N) is 2. The lowest BCUT2D eigenvalue weighted by molar-refractivity contribution is 0.0537. The molecule has 0 aromatic carbocycles. The molecule has 1 saturated heterocycles. The van der Waals surface area contributed by atoms with Gasteiger partial charge in [-0.15, -0.1) is 0 Å². The first-order valence-corrected chi connectivity index (χ1v) is 8.24. The average Bonchev–Trinajstić information content (AvgIpc) is 2.78. The minimum absolute atomic E-state index is 0.115. The number of aromatic nitrogens is 2. The Balaban J connectivity index is 2.52. The highest BCUT2D eigenvalue weighted by Crippen LogP contribution is 2.27. The first-order valence-electron chi connectivity index (χ1n) is 6.69. The lowest BCUT2D eigenvalue weighted by Crippen LogP contribution is -2.24. The van der Waals surface area contributed by atoms with E-state index in [0.29, 0.717) is 30.8 Å². The largest absolute Gasteiger partial charge is 0.379 e. The second-order valence-corrected chi connectivity index (χ2v) is 6.29. The molecule has 1 aromatic heterocycles. The summed E-state index contributed by atoms with van der Waals surface area (Å²) in [4.78, 5) is 0.211. The summed E-state index contributed by atoms with van der Waals surface area (Å²) in [5, 5.41) is 9.81. The van der Waals surface area contributed by atoms with E-state index in [4.69, 9.17) is 9.88 Å². The molecule has 1 atom stereocenters. The van der Waals surface area contributed by atoms with Crippen molar-refractivity contribution in [3.8, 4) is 0 Å². The summed E-state index contributed by atoms with van der Waals surface area (Å²) < 4.78 is 30.8. The minimum atomic E-state index is -3.73. The van der Waals surface area contributed by atoms with Gasteiger partial charge in [0.25, 0.3) is 0 Å². The minimum Gasteiger partial charge on any atom is -0.379 e. The van der Waals surface area contributed by atoms with Gasteiger partial charge in [0.15, 0.2) is 0 Å². The van der Waals surface area contributed by atoms with Gasteiger partial charge in [-0.05, 0) is 25.7 Å². The van der Waals surface area contributed by atoms with Crippen LogP contribution < -0.4 is 5.14 Å². The molecule has 2 N–H and O–H groups in total. The smallest absolute Gasteiger partial charge is 0.241 e. The van der Waals surface area contributed by atoms with E-state index in [2.05, 4.69) is 5.10 Å². The van der Waals surface area contributed by atoms with Crippen molar-refractivity contribution >= 4 is 10.0 Å². The van der Waals surface area contributed by atoms with E-state index in [1.165, 1.54) is 0 Å². The third kappa shape index (κ3) is 2.82. The quantitative estimate of drug-likeness (QED) is 0.895. The van der Waals surface area contributed by atoms with Gasteiger partial charge in [0.1, 0.15) is 4.90 Å². The molecular weight excluding hydrogens is 266 g/mol. The van der Waals surface area contributed by atoms with Crippen LogP contribution in [0.4, 0.5) is 0 Å². The monoisotopic (exact) mass is 287 g/mol. The molecule has 7 heteroatoms. The highest BCUT2D eigenvalue weighted by Gasteiger charge is 2.28. The number of primary sulfonamides is 1. The molecule has 0 aliphatic carbocycles. The van der Waals surface area contributed by atoms with Gasteiger partial charge in [0, 0.05) is 6.61 Å². The van der Waals surface area contributed by atoms with Crippen LogP contribution in [0.15, 0.2) is 4.90 Å². The Bertz CT molecular complexity index is 545. The van der Waals surface area contributed by atoms with Crippen molar-refractivity contribution in [1.82, 2.24) is 9.78 Å². The second kappa shape index (κ2) is 5.60. The number of ether oxygens (including phenoxy) is 1. The molecule has 0 radical (unpaired) electrons. The normalized spacial score (nSPS) is 20.7. The molecule has 0 bridgehead atoms. The predicted molar refractivity (Wildman–Crippen MR) is 71.4 cm³/mol. The third-order valence-electron chi connectivity index (χ3n) is 3.47. The van der Waals surface area contributed by atoms with E-state index in [1.54, 1.807) is 0 Å². The van der Waals surface area contributed by atoms with E-state index >= 15 is 0 Å². The number of nitrogens with two attached hydrogens (primary N) is 1. The molecule has 0 spiro atoms. The molecule has 0 saturated carbocycles. The van der Waals surface area contributed by atoms with Crippen LogP contribution >= 0.6 is 0 Å². The van der Waals surface area contributed by atoms with Crippen molar-refractivity contribution in [2.45, 2.75) is 50.5 Å². The number of aryl methyl sites for hydroxylation is 1. The first-order chi connectivity index (χ1) is 8.99. The number of rotatable bonds is 4. The fourth-order valence-corrected chi connectivity index (χ4v) is 3.69.